The van der Waals surface area contributed by atoms with Crippen LogP contribution in [0.25, 0.3) is 0 Å². The molecular formula is C20H25NO4. The van der Waals surface area contributed by atoms with Gasteiger partial charge in [-0.15, -0.1) is 0 Å². The van der Waals surface area contributed by atoms with Gasteiger partial charge in [-0.25, -0.2) is 0 Å². The second kappa shape index (κ2) is 9.57. The van der Waals surface area contributed by atoms with Crippen LogP contribution in [0, 0.1) is 5.92 Å². The third-order valence-electron chi connectivity index (χ3n) is 3.51. The van der Waals surface area contributed by atoms with Crippen molar-refractivity contribution < 1.29 is 19.0 Å². The number of hydrogen-bond acceptors (Lipinski definition) is 4. The Hall–Kier alpha value is -2.69. The SMILES string of the molecule is COc1ccccc1OCC(=O)Nc1cccc(OCCC(C)C)c1. The van der Waals surface area contributed by atoms with Crippen LogP contribution in [0.15, 0.2) is 48.5 Å². The lowest BCUT2D eigenvalue weighted by Gasteiger charge is -2.12. The summed E-state index contributed by atoms with van der Waals surface area (Å²) < 4.78 is 16.4. The molecule has 0 aliphatic rings. The molecule has 2 aromatic rings. The normalized spacial score (nSPS) is 10.4. The molecular weight excluding hydrogens is 318 g/mol. The van der Waals surface area contributed by atoms with Crippen LogP contribution in [0.5, 0.6) is 17.2 Å². The van der Waals surface area contributed by atoms with Crippen LogP contribution in [0.4, 0.5) is 5.69 Å². The number of carbonyl (C=O) groups excluding carboxylic acids is 1. The fourth-order valence-corrected chi connectivity index (χ4v) is 2.15. The summed E-state index contributed by atoms with van der Waals surface area (Å²) in [5, 5.41) is 2.80. The second-order valence-corrected chi connectivity index (χ2v) is 6.05. The molecule has 2 aromatic carbocycles. The van der Waals surface area contributed by atoms with E-state index in [1.165, 1.54) is 0 Å². The first-order valence-electron chi connectivity index (χ1n) is 8.37. The van der Waals surface area contributed by atoms with Crippen molar-refractivity contribution in [2.24, 2.45) is 5.92 Å². The third-order valence-corrected chi connectivity index (χ3v) is 3.51. The number of rotatable bonds is 9. The molecule has 0 atom stereocenters. The molecule has 0 saturated carbocycles. The Morgan fingerprint density at radius 2 is 1.80 bits per heavy atom. The van der Waals surface area contributed by atoms with Gasteiger partial charge in [-0.2, -0.15) is 0 Å². The van der Waals surface area contributed by atoms with E-state index in [9.17, 15) is 4.79 Å². The quantitative estimate of drug-likeness (QED) is 0.743. The lowest BCUT2D eigenvalue weighted by Crippen LogP contribution is -2.20. The number of nitrogens with one attached hydrogen (secondary N) is 1. The van der Waals surface area contributed by atoms with Gasteiger partial charge in [0.05, 0.1) is 13.7 Å². The molecule has 5 nitrogen and oxygen atoms in total. The Bertz CT molecular complexity index is 685. The molecule has 0 saturated heterocycles. The van der Waals surface area contributed by atoms with Gasteiger partial charge in [0.25, 0.3) is 5.91 Å². The molecule has 0 fully saturated rings. The lowest BCUT2D eigenvalue weighted by molar-refractivity contribution is -0.118. The van der Waals surface area contributed by atoms with E-state index in [-0.39, 0.29) is 12.5 Å². The maximum Gasteiger partial charge on any atom is 0.262 e. The van der Waals surface area contributed by atoms with Crippen LogP contribution in [0.2, 0.25) is 0 Å². The summed E-state index contributed by atoms with van der Waals surface area (Å²) in [6, 6.07) is 14.6. The van der Waals surface area contributed by atoms with Gasteiger partial charge in [0.2, 0.25) is 0 Å². The highest BCUT2D eigenvalue weighted by Crippen LogP contribution is 2.25. The molecule has 134 valence electrons. The maximum atomic E-state index is 12.1. The summed E-state index contributed by atoms with van der Waals surface area (Å²) in [5.41, 5.74) is 0.677. The third kappa shape index (κ3) is 6.37. The molecule has 0 aliphatic carbocycles. The zero-order valence-electron chi connectivity index (χ0n) is 15.0. The highest BCUT2D eigenvalue weighted by molar-refractivity contribution is 5.92. The number of benzene rings is 2. The smallest absolute Gasteiger partial charge is 0.262 e. The standard InChI is InChI=1S/C20H25NO4/c1-15(2)11-12-24-17-8-6-7-16(13-17)21-20(22)14-25-19-10-5-4-9-18(19)23-3/h4-10,13,15H,11-12,14H2,1-3H3,(H,21,22). The van der Waals surface area contributed by atoms with Gasteiger partial charge >= 0.3 is 0 Å². The first-order valence-corrected chi connectivity index (χ1v) is 8.37. The first kappa shape index (κ1) is 18.6. The first-order chi connectivity index (χ1) is 12.1. The van der Waals surface area contributed by atoms with Crippen molar-refractivity contribution >= 4 is 11.6 Å². The number of carbonyl (C=O) groups is 1. The van der Waals surface area contributed by atoms with Crippen LogP contribution in [0.3, 0.4) is 0 Å². The minimum absolute atomic E-state index is 0.0984. The van der Waals surface area contributed by atoms with Crippen LogP contribution in [0.1, 0.15) is 20.3 Å². The van der Waals surface area contributed by atoms with Crippen molar-refractivity contribution in [3.8, 4) is 17.2 Å². The Labute approximate surface area is 148 Å². The van der Waals surface area contributed by atoms with Crippen molar-refractivity contribution in [2.75, 3.05) is 25.6 Å². The molecule has 0 aromatic heterocycles. The van der Waals surface area contributed by atoms with Gasteiger partial charge in [0, 0.05) is 11.8 Å². The van der Waals surface area contributed by atoms with E-state index in [1.807, 2.05) is 30.3 Å². The average Bonchev–Trinajstić information content (AvgIpc) is 2.60. The van der Waals surface area contributed by atoms with E-state index in [2.05, 4.69) is 19.2 Å². The van der Waals surface area contributed by atoms with E-state index in [4.69, 9.17) is 14.2 Å². The van der Waals surface area contributed by atoms with Crippen molar-refractivity contribution in [1.29, 1.82) is 0 Å². The van der Waals surface area contributed by atoms with E-state index in [0.29, 0.717) is 29.7 Å². The summed E-state index contributed by atoms with van der Waals surface area (Å²) in [7, 11) is 1.56. The van der Waals surface area contributed by atoms with Gasteiger partial charge < -0.3 is 19.5 Å². The van der Waals surface area contributed by atoms with E-state index >= 15 is 0 Å². The molecule has 0 bridgehead atoms. The van der Waals surface area contributed by atoms with Crippen LogP contribution < -0.4 is 19.5 Å². The molecule has 0 radical (unpaired) electrons. The number of anilines is 1. The van der Waals surface area contributed by atoms with Crippen LogP contribution >= 0.6 is 0 Å². The minimum Gasteiger partial charge on any atom is -0.494 e. The van der Waals surface area contributed by atoms with E-state index < -0.39 is 0 Å². The number of methoxy groups -OCH3 is 1. The Morgan fingerprint density at radius 1 is 1.04 bits per heavy atom. The fraction of sp³-hybridized carbons (Fsp3) is 0.350. The number of para-hydroxylation sites is 2. The molecule has 0 aliphatic heterocycles. The minimum atomic E-state index is -0.245. The highest BCUT2D eigenvalue weighted by Gasteiger charge is 2.08. The van der Waals surface area contributed by atoms with Crippen LogP contribution in [-0.4, -0.2) is 26.2 Å². The summed E-state index contributed by atoms with van der Waals surface area (Å²) in [5.74, 6) is 2.21. The molecule has 1 amide bonds. The Morgan fingerprint density at radius 3 is 2.52 bits per heavy atom. The summed E-state index contributed by atoms with van der Waals surface area (Å²) in [6.07, 6.45) is 0.989. The second-order valence-electron chi connectivity index (χ2n) is 6.05. The molecule has 5 heteroatoms. The van der Waals surface area contributed by atoms with Crippen molar-refractivity contribution in [1.82, 2.24) is 0 Å². The molecule has 1 N–H and O–H groups in total. The fourth-order valence-electron chi connectivity index (χ4n) is 2.15. The van der Waals surface area contributed by atoms with Gasteiger partial charge in [-0.3, -0.25) is 4.79 Å². The number of ether oxygens (including phenoxy) is 3. The van der Waals surface area contributed by atoms with Gasteiger partial charge in [0.1, 0.15) is 5.75 Å². The van der Waals surface area contributed by atoms with E-state index in [0.717, 1.165) is 12.2 Å². The molecule has 25 heavy (non-hydrogen) atoms. The van der Waals surface area contributed by atoms with Crippen LogP contribution in [-0.2, 0) is 4.79 Å². The zero-order valence-corrected chi connectivity index (χ0v) is 15.0. The van der Waals surface area contributed by atoms with Crippen molar-refractivity contribution in [2.45, 2.75) is 20.3 Å². The van der Waals surface area contributed by atoms with Crippen molar-refractivity contribution in [3.05, 3.63) is 48.5 Å². The lowest BCUT2D eigenvalue weighted by atomic mass is 10.1. The summed E-state index contributed by atoms with van der Waals surface area (Å²) in [4.78, 5) is 12.1. The molecule has 0 heterocycles. The predicted octanol–water partition coefficient (Wildman–Crippen LogP) is 4.14. The molecule has 0 spiro atoms. The monoisotopic (exact) mass is 343 g/mol. The van der Waals surface area contributed by atoms with Gasteiger partial charge in [-0.05, 0) is 36.6 Å². The largest absolute Gasteiger partial charge is 0.494 e. The number of hydrogen-bond donors (Lipinski definition) is 1. The highest BCUT2D eigenvalue weighted by atomic mass is 16.5. The molecule has 2 rings (SSSR count). The molecule has 0 unspecified atom stereocenters. The Balaban J connectivity index is 1.85. The van der Waals surface area contributed by atoms with Gasteiger partial charge in [0.15, 0.2) is 18.1 Å². The average molecular weight is 343 g/mol. The van der Waals surface area contributed by atoms with E-state index in [1.54, 1.807) is 25.3 Å². The van der Waals surface area contributed by atoms with Crippen molar-refractivity contribution in [3.63, 3.8) is 0 Å². The predicted molar refractivity (Wildman–Crippen MR) is 98.5 cm³/mol. The summed E-state index contributed by atoms with van der Waals surface area (Å²) >= 11 is 0. The topological polar surface area (TPSA) is 56.8 Å². The number of amides is 1. The summed E-state index contributed by atoms with van der Waals surface area (Å²) in [6.45, 7) is 4.87. The maximum absolute atomic E-state index is 12.1. The Kier molecular flexibility index (Phi) is 7.14. The zero-order chi connectivity index (χ0) is 18.1. The van der Waals surface area contributed by atoms with Gasteiger partial charge in [-0.1, -0.05) is 32.0 Å².